The second-order valence-corrected chi connectivity index (χ2v) is 10.1. The van der Waals surface area contributed by atoms with Gasteiger partial charge in [0, 0.05) is 36.1 Å². The summed E-state index contributed by atoms with van der Waals surface area (Å²) in [5, 5.41) is 6.33. The maximum Gasteiger partial charge on any atom is 0.416 e. The molecule has 1 aliphatic heterocycles. The summed E-state index contributed by atoms with van der Waals surface area (Å²) >= 11 is 0. The average Bonchev–Trinajstić information content (AvgIpc) is 3.48. The van der Waals surface area contributed by atoms with E-state index in [0.717, 1.165) is 36.3 Å². The summed E-state index contributed by atoms with van der Waals surface area (Å²) in [6.45, 7) is 1.50. The zero-order valence-electron chi connectivity index (χ0n) is 22.9. The van der Waals surface area contributed by atoms with Gasteiger partial charge in [-0.2, -0.15) is 13.2 Å². The lowest BCUT2D eigenvalue weighted by Gasteiger charge is -2.23. The standard InChI is InChI=1S/C33H30F3N3O3/c1-42-32(41)30(23-7-3-2-4-8-23)37-26-19-20-39(21-26)27-17-15-25(16-18-27)38-31(40)29-10-6-5-9-28(29)22-11-13-24(14-12-22)33(34,35)36/h2-18,26,30,37H,19-21H2,1H3,(H,38,40). The number of halogens is 3. The number of nitrogens with zero attached hydrogens (tertiary/aromatic N) is 1. The first-order valence-electron chi connectivity index (χ1n) is 13.5. The largest absolute Gasteiger partial charge is 0.468 e. The van der Waals surface area contributed by atoms with Crippen LogP contribution >= 0.6 is 0 Å². The monoisotopic (exact) mass is 573 g/mol. The van der Waals surface area contributed by atoms with Crippen LogP contribution in [-0.2, 0) is 15.7 Å². The maximum absolute atomic E-state index is 13.2. The molecule has 1 aliphatic rings. The third kappa shape index (κ3) is 6.63. The number of hydrogen-bond acceptors (Lipinski definition) is 5. The summed E-state index contributed by atoms with van der Waals surface area (Å²) in [4.78, 5) is 27.8. The van der Waals surface area contributed by atoms with Crippen LogP contribution in [0.25, 0.3) is 11.1 Å². The number of nitrogens with one attached hydrogen (secondary N) is 2. The number of alkyl halides is 3. The van der Waals surface area contributed by atoms with E-state index < -0.39 is 17.8 Å². The van der Waals surface area contributed by atoms with Crippen LogP contribution in [-0.4, -0.2) is 38.1 Å². The molecule has 5 rings (SSSR count). The summed E-state index contributed by atoms with van der Waals surface area (Å²) in [5.74, 6) is -0.696. The summed E-state index contributed by atoms with van der Waals surface area (Å²) < 4.78 is 44.0. The van der Waals surface area contributed by atoms with E-state index in [2.05, 4.69) is 15.5 Å². The molecule has 0 aromatic heterocycles. The Hall–Kier alpha value is -4.63. The molecule has 216 valence electrons. The van der Waals surface area contributed by atoms with E-state index in [1.54, 1.807) is 24.3 Å². The van der Waals surface area contributed by atoms with Crippen molar-refractivity contribution in [1.82, 2.24) is 5.32 Å². The van der Waals surface area contributed by atoms with Crippen LogP contribution in [0.4, 0.5) is 24.5 Å². The molecule has 1 fully saturated rings. The number of rotatable bonds is 8. The van der Waals surface area contributed by atoms with Gasteiger partial charge in [0.15, 0.2) is 0 Å². The number of ether oxygens (including phenoxy) is 1. The van der Waals surface area contributed by atoms with E-state index in [1.807, 2.05) is 54.6 Å². The molecule has 0 bridgehead atoms. The molecular formula is C33H30F3N3O3. The zero-order valence-corrected chi connectivity index (χ0v) is 22.9. The van der Waals surface area contributed by atoms with Crippen LogP contribution in [0, 0.1) is 0 Å². The van der Waals surface area contributed by atoms with Crippen molar-refractivity contribution in [3.8, 4) is 11.1 Å². The lowest BCUT2D eigenvalue weighted by molar-refractivity contribution is -0.143. The van der Waals surface area contributed by atoms with E-state index in [9.17, 15) is 22.8 Å². The number of carbonyl (C=O) groups excluding carboxylic acids is 2. The number of carbonyl (C=O) groups is 2. The Labute approximate surface area is 242 Å². The molecule has 2 atom stereocenters. The fourth-order valence-corrected chi connectivity index (χ4v) is 5.16. The lowest BCUT2D eigenvalue weighted by atomic mass is 9.98. The minimum Gasteiger partial charge on any atom is -0.468 e. The Kier molecular flexibility index (Phi) is 8.59. The van der Waals surface area contributed by atoms with Crippen LogP contribution in [0.15, 0.2) is 103 Å². The third-order valence-corrected chi connectivity index (χ3v) is 7.35. The van der Waals surface area contributed by atoms with Crippen molar-refractivity contribution in [1.29, 1.82) is 0 Å². The first-order valence-corrected chi connectivity index (χ1v) is 13.5. The Morgan fingerprint density at radius 1 is 0.881 bits per heavy atom. The Morgan fingerprint density at radius 2 is 1.55 bits per heavy atom. The van der Waals surface area contributed by atoms with Crippen LogP contribution in [0.5, 0.6) is 0 Å². The Balaban J connectivity index is 1.23. The molecule has 9 heteroatoms. The van der Waals surface area contributed by atoms with Gasteiger partial charge in [0.25, 0.3) is 5.91 Å². The summed E-state index contributed by atoms with van der Waals surface area (Å²) in [6, 6.07) is 28.1. The maximum atomic E-state index is 13.2. The number of esters is 1. The number of anilines is 2. The Bertz CT molecular complexity index is 1520. The third-order valence-electron chi connectivity index (χ3n) is 7.35. The van der Waals surface area contributed by atoms with Gasteiger partial charge >= 0.3 is 12.1 Å². The summed E-state index contributed by atoms with van der Waals surface area (Å²) in [6.07, 6.45) is -3.58. The van der Waals surface area contributed by atoms with E-state index in [-0.39, 0.29) is 17.9 Å². The van der Waals surface area contributed by atoms with E-state index >= 15 is 0 Å². The smallest absolute Gasteiger partial charge is 0.416 e. The predicted molar refractivity (Wildman–Crippen MR) is 156 cm³/mol. The molecule has 2 unspecified atom stereocenters. The van der Waals surface area contributed by atoms with Gasteiger partial charge in [-0.1, -0.05) is 60.7 Å². The second kappa shape index (κ2) is 12.5. The fraction of sp³-hybridized carbons (Fsp3) is 0.212. The molecule has 6 nitrogen and oxygen atoms in total. The van der Waals surface area contributed by atoms with Crippen molar-refractivity contribution in [3.63, 3.8) is 0 Å². The highest BCUT2D eigenvalue weighted by molar-refractivity contribution is 6.08. The molecule has 1 amide bonds. The molecule has 1 heterocycles. The van der Waals surface area contributed by atoms with Gasteiger partial charge in [0.1, 0.15) is 6.04 Å². The van der Waals surface area contributed by atoms with E-state index in [0.29, 0.717) is 28.9 Å². The first-order chi connectivity index (χ1) is 20.2. The van der Waals surface area contributed by atoms with Crippen LogP contribution < -0.4 is 15.5 Å². The highest BCUT2D eigenvalue weighted by atomic mass is 19.4. The van der Waals surface area contributed by atoms with Crippen molar-refractivity contribution < 1.29 is 27.5 Å². The molecule has 1 saturated heterocycles. The van der Waals surface area contributed by atoms with Crippen molar-refractivity contribution in [3.05, 3.63) is 120 Å². The normalized spacial score (nSPS) is 15.7. The minimum atomic E-state index is -4.43. The Morgan fingerprint density at radius 3 is 2.21 bits per heavy atom. The van der Waals surface area contributed by atoms with Gasteiger partial charge in [0.2, 0.25) is 0 Å². The quantitative estimate of drug-likeness (QED) is 0.230. The summed E-state index contributed by atoms with van der Waals surface area (Å²) in [7, 11) is 1.38. The molecule has 0 radical (unpaired) electrons. The molecule has 4 aromatic rings. The predicted octanol–water partition coefficient (Wildman–Crippen LogP) is 6.71. The number of amides is 1. The zero-order chi connectivity index (χ0) is 29.7. The highest BCUT2D eigenvalue weighted by Gasteiger charge is 2.31. The molecule has 4 aromatic carbocycles. The van der Waals surface area contributed by atoms with Crippen LogP contribution in [0.2, 0.25) is 0 Å². The van der Waals surface area contributed by atoms with E-state index in [1.165, 1.54) is 19.2 Å². The molecule has 0 aliphatic carbocycles. The number of methoxy groups -OCH3 is 1. The van der Waals surface area contributed by atoms with Gasteiger partial charge in [-0.15, -0.1) is 0 Å². The van der Waals surface area contributed by atoms with Crippen molar-refractivity contribution >= 4 is 23.3 Å². The van der Waals surface area contributed by atoms with Crippen LogP contribution in [0.3, 0.4) is 0 Å². The number of hydrogen-bond donors (Lipinski definition) is 2. The van der Waals surface area contributed by atoms with Crippen molar-refractivity contribution in [2.75, 3.05) is 30.4 Å². The minimum absolute atomic E-state index is 0.0791. The average molecular weight is 574 g/mol. The molecular weight excluding hydrogens is 543 g/mol. The molecule has 0 spiro atoms. The van der Waals surface area contributed by atoms with E-state index in [4.69, 9.17) is 4.74 Å². The summed E-state index contributed by atoms with van der Waals surface area (Å²) in [5.41, 5.74) is 3.09. The topological polar surface area (TPSA) is 70.7 Å². The SMILES string of the molecule is COC(=O)C(NC1CCN(c2ccc(NC(=O)c3ccccc3-c3ccc(C(F)(F)F)cc3)cc2)C1)c1ccccc1. The number of benzene rings is 4. The first kappa shape index (κ1) is 28.9. The molecule has 2 N–H and O–H groups in total. The lowest BCUT2D eigenvalue weighted by Crippen LogP contribution is -2.39. The molecule has 0 saturated carbocycles. The highest BCUT2D eigenvalue weighted by Crippen LogP contribution is 2.32. The van der Waals surface area contributed by atoms with Crippen molar-refractivity contribution in [2.45, 2.75) is 24.7 Å². The van der Waals surface area contributed by atoms with Gasteiger partial charge < -0.3 is 15.0 Å². The second-order valence-electron chi connectivity index (χ2n) is 10.1. The van der Waals surface area contributed by atoms with Crippen LogP contribution in [0.1, 0.15) is 33.9 Å². The van der Waals surface area contributed by atoms with Gasteiger partial charge in [-0.25, -0.2) is 4.79 Å². The van der Waals surface area contributed by atoms with Gasteiger partial charge in [0.05, 0.1) is 12.7 Å². The van der Waals surface area contributed by atoms with Gasteiger partial charge in [-0.3, -0.25) is 10.1 Å². The van der Waals surface area contributed by atoms with Gasteiger partial charge in [-0.05, 0) is 65.6 Å². The fourth-order valence-electron chi connectivity index (χ4n) is 5.16. The molecule has 42 heavy (non-hydrogen) atoms. The van der Waals surface area contributed by atoms with Crippen molar-refractivity contribution in [2.24, 2.45) is 0 Å².